The number of aromatic nitrogens is 3. The predicted octanol–water partition coefficient (Wildman–Crippen LogP) is 5.78. The Bertz CT molecular complexity index is 1120. The van der Waals surface area contributed by atoms with Crippen LogP contribution in [-0.4, -0.2) is 27.6 Å². The molecule has 146 valence electrons. The van der Waals surface area contributed by atoms with Crippen molar-refractivity contribution in [1.82, 2.24) is 14.5 Å². The average Bonchev–Trinajstić information content (AvgIpc) is 2.94. The van der Waals surface area contributed by atoms with Crippen molar-refractivity contribution < 1.29 is 0 Å². The highest BCUT2D eigenvalue weighted by molar-refractivity contribution is 6.02. The summed E-state index contributed by atoms with van der Waals surface area (Å²) in [7, 11) is 0. The predicted molar refractivity (Wildman–Crippen MR) is 120 cm³/mol. The summed E-state index contributed by atoms with van der Waals surface area (Å²) < 4.78 is 2.22. The van der Waals surface area contributed by atoms with Gasteiger partial charge in [-0.15, -0.1) is 0 Å². The van der Waals surface area contributed by atoms with Gasteiger partial charge in [0.1, 0.15) is 12.1 Å². The van der Waals surface area contributed by atoms with Gasteiger partial charge in [-0.05, 0) is 43.0 Å². The van der Waals surface area contributed by atoms with Crippen LogP contribution in [0.4, 0.5) is 5.82 Å². The summed E-state index contributed by atoms with van der Waals surface area (Å²) in [5.74, 6) is 1.07. The van der Waals surface area contributed by atoms with Crippen LogP contribution in [0.2, 0.25) is 0 Å². The van der Waals surface area contributed by atoms with E-state index in [9.17, 15) is 0 Å². The Labute approximate surface area is 171 Å². The maximum atomic E-state index is 4.78. The Morgan fingerprint density at radius 2 is 1.62 bits per heavy atom. The highest BCUT2D eigenvalue weighted by Gasteiger charge is 2.21. The van der Waals surface area contributed by atoms with Gasteiger partial charge in [0.15, 0.2) is 5.65 Å². The molecule has 5 rings (SSSR count). The minimum absolute atomic E-state index is 0.976. The van der Waals surface area contributed by atoms with Crippen LogP contribution in [0.5, 0.6) is 0 Å². The summed E-state index contributed by atoms with van der Waals surface area (Å²) >= 11 is 0. The number of hydrogen-bond acceptors (Lipinski definition) is 3. The Morgan fingerprint density at radius 3 is 2.38 bits per heavy atom. The number of nitrogens with zero attached hydrogens (tertiary/aromatic N) is 4. The molecule has 4 nitrogen and oxygen atoms in total. The van der Waals surface area contributed by atoms with Crippen molar-refractivity contribution in [2.75, 3.05) is 18.0 Å². The van der Waals surface area contributed by atoms with E-state index in [2.05, 4.69) is 77.2 Å². The first-order valence-electron chi connectivity index (χ1n) is 10.5. The van der Waals surface area contributed by atoms with Gasteiger partial charge in [-0.3, -0.25) is 0 Å². The molecule has 4 aromatic rings. The lowest BCUT2D eigenvalue weighted by atomic mass is 10.1. The van der Waals surface area contributed by atoms with Crippen LogP contribution < -0.4 is 4.90 Å². The molecule has 0 bridgehead atoms. The Balaban J connectivity index is 1.77. The summed E-state index contributed by atoms with van der Waals surface area (Å²) in [5, 5.41) is 1.15. The summed E-state index contributed by atoms with van der Waals surface area (Å²) in [6.45, 7) is 4.26. The van der Waals surface area contributed by atoms with E-state index < -0.39 is 0 Å². The number of aryl methyl sites for hydroxylation is 1. The maximum Gasteiger partial charge on any atom is 0.150 e. The van der Waals surface area contributed by atoms with Gasteiger partial charge in [0.2, 0.25) is 0 Å². The van der Waals surface area contributed by atoms with Crippen molar-refractivity contribution in [1.29, 1.82) is 0 Å². The van der Waals surface area contributed by atoms with Crippen molar-refractivity contribution in [3.63, 3.8) is 0 Å². The van der Waals surface area contributed by atoms with Gasteiger partial charge in [-0.25, -0.2) is 9.97 Å². The first kappa shape index (κ1) is 17.9. The molecular weight excluding hydrogens is 356 g/mol. The molecule has 2 aromatic heterocycles. The zero-order valence-electron chi connectivity index (χ0n) is 16.9. The molecule has 1 aliphatic heterocycles. The zero-order chi connectivity index (χ0) is 19.6. The molecule has 0 atom stereocenters. The van der Waals surface area contributed by atoms with Gasteiger partial charge >= 0.3 is 0 Å². The fourth-order valence-electron chi connectivity index (χ4n) is 4.38. The summed E-state index contributed by atoms with van der Waals surface area (Å²) in [5.41, 5.74) is 5.76. The van der Waals surface area contributed by atoms with Crippen LogP contribution in [0, 0.1) is 6.92 Å². The Hall–Kier alpha value is -3.14. The van der Waals surface area contributed by atoms with Crippen molar-refractivity contribution in [3.05, 3.63) is 72.7 Å². The summed E-state index contributed by atoms with van der Waals surface area (Å²) in [6.07, 6.45) is 9.02. The molecular formula is C25H26N4. The van der Waals surface area contributed by atoms with Crippen molar-refractivity contribution in [2.45, 2.75) is 32.6 Å². The third-order valence-electron chi connectivity index (χ3n) is 5.83. The number of anilines is 1. The van der Waals surface area contributed by atoms with Gasteiger partial charge in [0, 0.05) is 30.5 Å². The Kier molecular flexibility index (Phi) is 4.76. The molecule has 0 spiro atoms. The van der Waals surface area contributed by atoms with Crippen molar-refractivity contribution in [2.24, 2.45) is 0 Å². The SMILES string of the molecule is Cc1cccc(-n2cc(-c3ccccc3)c3c(N4CCCCCC4)ncnc32)c1. The molecule has 0 N–H and O–H groups in total. The summed E-state index contributed by atoms with van der Waals surface area (Å²) in [4.78, 5) is 12.0. The standard InChI is InChI=1S/C25H26N4/c1-19-10-9-13-21(16-19)29-17-22(20-11-5-4-6-12-20)23-24(26-18-27-25(23)29)28-14-7-2-3-8-15-28/h4-6,9-13,16-18H,2-3,7-8,14-15H2,1H3. The lowest BCUT2D eigenvalue weighted by molar-refractivity contribution is 0.726. The smallest absolute Gasteiger partial charge is 0.150 e. The number of benzene rings is 2. The first-order chi connectivity index (χ1) is 14.3. The van der Waals surface area contributed by atoms with E-state index in [0.717, 1.165) is 35.6 Å². The monoisotopic (exact) mass is 382 g/mol. The number of rotatable bonds is 3. The van der Waals surface area contributed by atoms with Crippen LogP contribution in [0.15, 0.2) is 67.1 Å². The normalized spacial score (nSPS) is 14.9. The highest BCUT2D eigenvalue weighted by atomic mass is 15.2. The van der Waals surface area contributed by atoms with Gasteiger partial charge in [0.05, 0.1) is 5.39 Å². The molecule has 0 amide bonds. The van der Waals surface area contributed by atoms with Crippen LogP contribution >= 0.6 is 0 Å². The van der Waals surface area contributed by atoms with Crippen molar-refractivity contribution >= 4 is 16.9 Å². The van der Waals surface area contributed by atoms with Crippen LogP contribution in [-0.2, 0) is 0 Å². The van der Waals surface area contributed by atoms with Crippen LogP contribution in [0.3, 0.4) is 0 Å². The lowest BCUT2D eigenvalue weighted by Crippen LogP contribution is -2.25. The van der Waals surface area contributed by atoms with E-state index in [1.165, 1.54) is 42.4 Å². The molecule has 29 heavy (non-hydrogen) atoms. The molecule has 2 aromatic carbocycles. The lowest BCUT2D eigenvalue weighted by Gasteiger charge is -2.22. The fraction of sp³-hybridized carbons (Fsp3) is 0.280. The van der Waals surface area contributed by atoms with E-state index in [4.69, 9.17) is 9.97 Å². The second kappa shape index (κ2) is 7.70. The van der Waals surface area contributed by atoms with Gasteiger partial charge in [-0.2, -0.15) is 0 Å². The van der Waals surface area contributed by atoms with Gasteiger partial charge in [-0.1, -0.05) is 55.3 Å². The zero-order valence-corrected chi connectivity index (χ0v) is 16.9. The fourth-order valence-corrected chi connectivity index (χ4v) is 4.38. The molecule has 0 aliphatic carbocycles. The number of fused-ring (bicyclic) bond motifs is 1. The average molecular weight is 383 g/mol. The molecule has 4 heteroatoms. The molecule has 0 radical (unpaired) electrons. The highest BCUT2D eigenvalue weighted by Crippen LogP contribution is 2.37. The molecule has 0 saturated carbocycles. The van der Waals surface area contributed by atoms with E-state index >= 15 is 0 Å². The van der Waals surface area contributed by atoms with E-state index in [1.807, 2.05) is 0 Å². The second-order valence-corrected chi connectivity index (χ2v) is 7.91. The van der Waals surface area contributed by atoms with Gasteiger partial charge in [0.25, 0.3) is 0 Å². The third kappa shape index (κ3) is 3.39. The van der Waals surface area contributed by atoms with Gasteiger partial charge < -0.3 is 9.47 Å². The first-order valence-corrected chi connectivity index (χ1v) is 10.5. The number of hydrogen-bond donors (Lipinski definition) is 0. The van der Waals surface area contributed by atoms with Crippen LogP contribution in [0.25, 0.3) is 27.8 Å². The largest absolute Gasteiger partial charge is 0.356 e. The minimum Gasteiger partial charge on any atom is -0.356 e. The minimum atomic E-state index is 0.976. The molecule has 0 unspecified atom stereocenters. The second-order valence-electron chi connectivity index (χ2n) is 7.91. The van der Waals surface area contributed by atoms with E-state index in [0.29, 0.717) is 0 Å². The molecule has 3 heterocycles. The van der Waals surface area contributed by atoms with Crippen molar-refractivity contribution in [3.8, 4) is 16.8 Å². The molecule has 1 saturated heterocycles. The quantitative estimate of drug-likeness (QED) is 0.451. The maximum absolute atomic E-state index is 4.78. The topological polar surface area (TPSA) is 34.0 Å². The van der Waals surface area contributed by atoms with E-state index in [-0.39, 0.29) is 0 Å². The Morgan fingerprint density at radius 1 is 0.828 bits per heavy atom. The molecule has 1 fully saturated rings. The molecule has 1 aliphatic rings. The van der Waals surface area contributed by atoms with Crippen LogP contribution in [0.1, 0.15) is 31.2 Å². The third-order valence-corrected chi connectivity index (χ3v) is 5.83. The summed E-state index contributed by atoms with van der Waals surface area (Å²) in [6, 6.07) is 19.2. The van der Waals surface area contributed by atoms with E-state index in [1.54, 1.807) is 6.33 Å².